The molecule has 3 N–H and O–H groups in total. The van der Waals surface area contributed by atoms with Crippen LogP contribution in [-0.2, 0) is 22.4 Å². The lowest BCUT2D eigenvalue weighted by atomic mass is 10.1. The van der Waals surface area contributed by atoms with E-state index in [2.05, 4.69) is 5.32 Å². The lowest BCUT2D eigenvalue weighted by molar-refractivity contribution is -0.128. The fourth-order valence-electron chi connectivity index (χ4n) is 2.23. The molecule has 0 unspecified atom stereocenters. The first-order chi connectivity index (χ1) is 11.5. The minimum absolute atomic E-state index is 0.0386. The van der Waals surface area contributed by atoms with Crippen LogP contribution in [0.15, 0.2) is 54.6 Å². The van der Waals surface area contributed by atoms with Crippen LogP contribution < -0.4 is 11.1 Å². The predicted octanol–water partition coefficient (Wildman–Crippen LogP) is 1.83. The van der Waals surface area contributed by atoms with Crippen molar-refractivity contribution in [2.75, 3.05) is 19.4 Å². The van der Waals surface area contributed by atoms with E-state index in [0.29, 0.717) is 18.5 Å². The molecule has 5 heteroatoms. The van der Waals surface area contributed by atoms with E-state index >= 15 is 0 Å². The van der Waals surface area contributed by atoms with Gasteiger partial charge in [-0.2, -0.15) is 0 Å². The largest absolute Gasteiger partial charge is 0.349 e. The van der Waals surface area contributed by atoms with E-state index in [1.807, 2.05) is 42.5 Å². The van der Waals surface area contributed by atoms with Crippen molar-refractivity contribution >= 4 is 17.5 Å². The smallest absolute Gasteiger partial charge is 0.241 e. The number of amides is 2. The van der Waals surface area contributed by atoms with Gasteiger partial charge >= 0.3 is 0 Å². The Morgan fingerprint density at radius 1 is 1.00 bits per heavy atom. The molecule has 0 saturated carbocycles. The molecular formula is C19H23N3O2. The third kappa shape index (κ3) is 5.21. The minimum atomic E-state index is -0.609. The third-order valence-corrected chi connectivity index (χ3v) is 3.71. The summed E-state index contributed by atoms with van der Waals surface area (Å²) < 4.78 is 0. The van der Waals surface area contributed by atoms with E-state index in [1.54, 1.807) is 31.1 Å². The van der Waals surface area contributed by atoms with Crippen molar-refractivity contribution in [3.63, 3.8) is 0 Å². The van der Waals surface area contributed by atoms with Crippen LogP contribution in [0, 0.1) is 0 Å². The number of nitrogens with one attached hydrogen (secondary N) is 1. The molecule has 0 radical (unpaired) electrons. The number of anilines is 1. The summed E-state index contributed by atoms with van der Waals surface area (Å²) in [4.78, 5) is 25.4. The van der Waals surface area contributed by atoms with Gasteiger partial charge in [0.2, 0.25) is 11.8 Å². The lowest BCUT2D eigenvalue weighted by Gasteiger charge is -2.13. The second kappa shape index (κ2) is 8.26. The predicted molar refractivity (Wildman–Crippen MR) is 95.6 cm³/mol. The molecule has 2 aromatic carbocycles. The average Bonchev–Trinajstić information content (AvgIpc) is 2.57. The molecule has 2 aromatic rings. The first-order valence-corrected chi connectivity index (χ1v) is 7.85. The van der Waals surface area contributed by atoms with Gasteiger partial charge in [0.15, 0.2) is 0 Å². The van der Waals surface area contributed by atoms with Gasteiger partial charge in [-0.1, -0.05) is 42.5 Å². The maximum absolute atomic E-state index is 12.2. The SMILES string of the molecule is CN(C)C(=O)Cc1ccc(NC(=O)[C@@H](N)Cc2ccccc2)cc1. The number of likely N-dealkylation sites (N-methyl/N-ethyl adjacent to an activating group) is 1. The molecular weight excluding hydrogens is 302 g/mol. The number of rotatable bonds is 6. The summed E-state index contributed by atoms with van der Waals surface area (Å²) in [6.45, 7) is 0. The fraction of sp³-hybridized carbons (Fsp3) is 0.263. The van der Waals surface area contributed by atoms with Gasteiger partial charge in [-0.15, -0.1) is 0 Å². The Kier molecular flexibility index (Phi) is 6.09. The third-order valence-electron chi connectivity index (χ3n) is 3.71. The highest BCUT2D eigenvalue weighted by Crippen LogP contribution is 2.12. The Morgan fingerprint density at radius 2 is 1.62 bits per heavy atom. The van der Waals surface area contributed by atoms with Crippen molar-refractivity contribution in [3.05, 3.63) is 65.7 Å². The Bertz CT molecular complexity index is 682. The molecule has 1 atom stereocenters. The Hall–Kier alpha value is -2.66. The van der Waals surface area contributed by atoms with E-state index in [4.69, 9.17) is 5.73 Å². The van der Waals surface area contributed by atoms with Crippen LogP contribution in [0.1, 0.15) is 11.1 Å². The van der Waals surface area contributed by atoms with Crippen molar-refractivity contribution in [1.82, 2.24) is 4.90 Å². The highest BCUT2D eigenvalue weighted by molar-refractivity contribution is 5.94. The Labute approximate surface area is 142 Å². The molecule has 0 saturated heterocycles. The van der Waals surface area contributed by atoms with Gasteiger partial charge in [0.1, 0.15) is 0 Å². The molecule has 0 aromatic heterocycles. The summed E-state index contributed by atoms with van der Waals surface area (Å²) in [5.41, 5.74) is 8.56. The molecule has 0 bridgehead atoms. The van der Waals surface area contributed by atoms with E-state index in [1.165, 1.54) is 0 Å². The molecule has 0 aliphatic heterocycles. The van der Waals surface area contributed by atoms with Crippen LogP contribution in [0.5, 0.6) is 0 Å². The zero-order valence-electron chi connectivity index (χ0n) is 14.0. The molecule has 2 rings (SSSR count). The van der Waals surface area contributed by atoms with Gasteiger partial charge < -0.3 is 16.0 Å². The number of benzene rings is 2. The summed E-state index contributed by atoms with van der Waals surface area (Å²) in [6, 6.07) is 16.3. The second-order valence-electron chi connectivity index (χ2n) is 5.95. The number of hydrogen-bond donors (Lipinski definition) is 2. The highest BCUT2D eigenvalue weighted by atomic mass is 16.2. The normalized spacial score (nSPS) is 11.6. The zero-order chi connectivity index (χ0) is 17.5. The van der Waals surface area contributed by atoms with Crippen molar-refractivity contribution < 1.29 is 9.59 Å². The molecule has 0 aliphatic rings. The van der Waals surface area contributed by atoms with Crippen LogP contribution in [0.25, 0.3) is 0 Å². The maximum Gasteiger partial charge on any atom is 0.241 e. The van der Waals surface area contributed by atoms with Crippen LogP contribution in [0.2, 0.25) is 0 Å². The van der Waals surface area contributed by atoms with Gasteiger partial charge in [-0.25, -0.2) is 0 Å². The van der Waals surface area contributed by atoms with Crippen molar-refractivity contribution in [2.24, 2.45) is 5.73 Å². The number of carbonyl (C=O) groups is 2. The molecule has 0 fully saturated rings. The molecule has 0 aliphatic carbocycles. The summed E-state index contributed by atoms with van der Waals surface area (Å²) in [5.74, 6) is -0.187. The number of hydrogen-bond acceptors (Lipinski definition) is 3. The zero-order valence-corrected chi connectivity index (χ0v) is 14.0. The van der Waals surface area contributed by atoms with Gasteiger partial charge in [-0.05, 0) is 29.7 Å². The van der Waals surface area contributed by atoms with Gasteiger partial charge in [0, 0.05) is 19.8 Å². The molecule has 0 heterocycles. The molecule has 5 nitrogen and oxygen atoms in total. The first kappa shape index (κ1) is 17.7. The summed E-state index contributed by atoms with van der Waals surface area (Å²) in [6.07, 6.45) is 0.830. The van der Waals surface area contributed by atoms with E-state index in [0.717, 1.165) is 11.1 Å². The fourth-order valence-corrected chi connectivity index (χ4v) is 2.23. The Balaban J connectivity index is 1.90. The minimum Gasteiger partial charge on any atom is -0.349 e. The van der Waals surface area contributed by atoms with Crippen LogP contribution >= 0.6 is 0 Å². The Morgan fingerprint density at radius 3 is 2.21 bits per heavy atom. The molecule has 2 amide bonds. The summed E-state index contributed by atoms with van der Waals surface area (Å²) in [7, 11) is 3.45. The number of nitrogens with zero attached hydrogens (tertiary/aromatic N) is 1. The average molecular weight is 325 g/mol. The van der Waals surface area contributed by atoms with Crippen molar-refractivity contribution in [1.29, 1.82) is 0 Å². The number of carbonyl (C=O) groups excluding carboxylic acids is 2. The van der Waals surface area contributed by atoms with E-state index < -0.39 is 6.04 Å². The molecule has 0 spiro atoms. The maximum atomic E-state index is 12.2. The van der Waals surface area contributed by atoms with Gasteiger partial charge in [-0.3, -0.25) is 9.59 Å². The standard InChI is InChI=1S/C19H23N3O2/c1-22(2)18(23)13-15-8-10-16(11-9-15)21-19(24)17(20)12-14-6-4-3-5-7-14/h3-11,17H,12-13,20H2,1-2H3,(H,21,24)/t17-/m0/s1. The first-order valence-electron chi connectivity index (χ1n) is 7.85. The lowest BCUT2D eigenvalue weighted by Crippen LogP contribution is -2.37. The quantitative estimate of drug-likeness (QED) is 0.851. The van der Waals surface area contributed by atoms with Gasteiger partial charge in [0.25, 0.3) is 0 Å². The molecule has 24 heavy (non-hydrogen) atoms. The van der Waals surface area contributed by atoms with E-state index in [-0.39, 0.29) is 11.8 Å². The van der Waals surface area contributed by atoms with Gasteiger partial charge in [0.05, 0.1) is 12.5 Å². The topological polar surface area (TPSA) is 75.4 Å². The van der Waals surface area contributed by atoms with Crippen LogP contribution in [0.4, 0.5) is 5.69 Å². The molecule has 126 valence electrons. The van der Waals surface area contributed by atoms with Crippen LogP contribution in [-0.4, -0.2) is 36.9 Å². The van der Waals surface area contributed by atoms with Crippen LogP contribution in [0.3, 0.4) is 0 Å². The van der Waals surface area contributed by atoms with Crippen molar-refractivity contribution in [2.45, 2.75) is 18.9 Å². The second-order valence-corrected chi connectivity index (χ2v) is 5.95. The number of nitrogens with two attached hydrogens (primary N) is 1. The highest BCUT2D eigenvalue weighted by Gasteiger charge is 2.14. The monoisotopic (exact) mass is 325 g/mol. The van der Waals surface area contributed by atoms with Crippen molar-refractivity contribution in [3.8, 4) is 0 Å². The summed E-state index contributed by atoms with van der Waals surface area (Å²) in [5, 5.41) is 2.81. The van der Waals surface area contributed by atoms with E-state index in [9.17, 15) is 9.59 Å². The summed E-state index contributed by atoms with van der Waals surface area (Å²) >= 11 is 0.